The van der Waals surface area contributed by atoms with Crippen molar-refractivity contribution in [1.29, 1.82) is 0 Å². The minimum atomic E-state index is -0.235. The number of ether oxygens (including phenoxy) is 1. The van der Waals surface area contributed by atoms with Crippen LogP contribution in [-0.4, -0.2) is 12.6 Å². The second kappa shape index (κ2) is 8.33. The molecule has 3 N–H and O–H groups in total. The van der Waals surface area contributed by atoms with E-state index in [4.69, 9.17) is 10.5 Å². The van der Waals surface area contributed by atoms with E-state index in [0.29, 0.717) is 28.4 Å². The smallest absolute Gasteiger partial charge is 0.255 e. The number of nitrogen functional groups attached to an aromatic ring is 1. The Kier molecular flexibility index (Phi) is 5.91. The Balaban J connectivity index is 2.11. The lowest BCUT2D eigenvalue weighted by Crippen LogP contribution is -2.12. The molecule has 1 amide bonds. The van der Waals surface area contributed by atoms with Crippen LogP contribution in [0.15, 0.2) is 77.6 Å². The molecular weight excluding hydrogens is 302 g/mol. The molecule has 0 unspecified atom stereocenters. The van der Waals surface area contributed by atoms with Gasteiger partial charge >= 0.3 is 0 Å². The average molecular weight is 321 g/mol. The Morgan fingerprint density at radius 3 is 2.75 bits per heavy atom. The van der Waals surface area contributed by atoms with Crippen LogP contribution in [0.2, 0.25) is 0 Å². The summed E-state index contributed by atoms with van der Waals surface area (Å²) in [6, 6.07) is 13.9. The van der Waals surface area contributed by atoms with Gasteiger partial charge in [0.1, 0.15) is 11.5 Å². The summed E-state index contributed by atoms with van der Waals surface area (Å²) in [6.07, 6.45) is 5.05. The third-order valence-corrected chi connectivity index (χ3v) is 3.11. The molecule has 2 aromatic carbocycles. The number of hydrogen-bond donors (Lipinski definition) is 2. The highest BCUT2D eigenvalue weighted by Crippen LogP contribution is 2.21. The van der Waals surface area contributed by atoms with Crippen molar-refractivity contribution in [2.45, 2.75) is 6.92 Å². The van der Waals surface area contributed by atoms with Crippen molar-refractivity contribution in [3.8, 4) is 5.75 Å². The van der Waals surface area contributed by atoms with Crippen LogP contribution in [0.25, 0.3) is 0 Å². The molecule has 0 saturated heterocycles. The molecular formula is C19H19N3O2. The van der Waals surface area contributed by atoms with Gasteiger partial charge in [-0.3, -0.25) is 9.79 Å². The van der Waals surface area contributed by atoms with E-state index < -0.39 is 0 Å². The van der Waals surface area contributed by atoms with Crippen molar-refractivity contribution in [3.05, 3.63) is 78.2 Å². The molecule has 0 aliphatic carbocycles. The molecule has 0 radical (unpaired) electrons. The minimum Gasteiger partial charge on any atom is -0.458 e. The van der Waals surface area contributed by atoms with E-state index in [0.717, 1.165) is 0 Å². The summed E-state index contributed by atoms with van der Waals surface area (Å²) in [5.41, 5.74) is 7.36. The molecule has 0 aromatic heterocycles. The zero-order valence-corrected chi connectivity index (χ0v) is 13.4. The number of hydrogen-bond acceptors (Lipinski definition) is 4. The lowest BCUT2D eigenvalue weighted by molar-refractivity contribution is 0.102. The topological polar surface area (TPSA) is 76.7 Å². The highest BCUT2D eigenvalue weighted by atomic mass is 16.5. The number of aliphatic imine (C=N–C) groups is 1. The van der Waals surface area contributed by atoms with Crippen LogP contribution >= 0.6 is 0 Å². The Hall–Kier alpha value is -3.34. The fourth-order valence-electron chi connectivity index (χ4n) is 1.97. The molecule has 0 atom stereocenters. The fraction of sp³-hybridized carbons (Fsp3) is 0.0526. The van der Waals surface area contributed by atoms with Crippen LogP contribution in [0, 0.1) is 0 Å². The maximum absolute atomic E-state index is 12.2. The van der Waals surface area contributed by atoms with Crippen LogP contribution in [0.1, 0.15) is 17.3 Å². The lowest BCUT2D eigenvalue weighted by Gasteiger charge is -2.09. The molecule has 0 saturated carbocycles. The summed E-state index contributed by atoms with van der Waals surface area (Å²) >= 11 is 0. The van der Waals surface area contributed by atoms with Gasteiger partial charge in [-0.15, -0.1) is 0 Å². The Bertz CT molecular complexity index is 795. The fourth-order valence-corrected chi connectivity index (χ4v) is 1.97. The Morgan fingerprint density at radius 1 is 1.25 bits per heavy atom. The van der Waals surface area contributed by atoms with Crippen molar-refractivity contribution in [3.63, 3.8) is 0 Å². The average Bonchev–Trinajstić information content (AvgIpc) is 2.59. The number of anilines is 2. The van der Waals surface area contributed by atoms with Crippen LogP contribution in [0.5, 0.6) is 5.75 Å². The Labute approximate surface area is 141 Å². The SMILES string of the molecule is C=N/C=C\C(=C/C)Oc1cccc(NC(=O)c2cccc(N)c2)c1. The summed E-state index contributed by atoms with van der Waals surface area (Å²) in [6.45, 7) is 5.24. The number of nitrogens with one attached hydrogen (secondary N) is 1. The Morgan fingerprint density at radius 2 is 2.04 bits per heavy atom. The van der Waals surface area contributed by atoms with Crippen LogP contribution < -0.4 is 15.8 Å². The lowest BCUT2D eigenvalue weighted by atomic mass is 10.2. The van der Waals surface area contributed by atoms with Crippen LogP contribution in [0.4, 0.5) is 11.4 Å². The van der Waals surface area contributed by atoms with Gasteiger partial charge in [0.05, 0.1) is 0 Å². The molecule has 0 aliphatic heterocycles. The van der Waals surface area contributed by atoms with Crippen molar-refractivity contribution in [2.75, 3.05) is 11.1 Å². The highest BCUT2D eigenvalue weighted by Gasteiger charge is 2.07. The molecule has 5 heteroatoms. The molecule has 24 heavy (non-hydrogen) atoms. The van der Waals surface area contributed by atoms with Crippen LogP contribution in [-0.2, 0) is 0 Å². The molecule has 2 aromatic rings. The van der Waals surface area contributed by atoms with Crippen molar-refractivity contribution in [2.24, 2.45) is 4.99 Å². The first kappa shape index (κ1) is 17.0. The number of carbonyl (C=O) groups is 1. The number of amides is 1. The largest absolute Gasteiger partial charge is 0.458 e. The zero-order valence-electron chi connectivity index (χ0n) is 13.4. The normalized spacial score (nSPS) is 11.3. The predicted molar refractivity (Wildman–Crippen MR) is 98.3 cm³/mol. The summed E-state index contributed by atoms with van der Waals surface area (Å²) in [5, 5.41) is 2.82. The summed E-state index contributed by atoms with van der Waals surface area (Å²) in [7, 11) is 0. The molecule has 0 fully saturated rings. The first-order valence-electron chi connectivity index (χ1n) is 7.36. The zero-order chi connectivity index (χ0) is 17.4. The molecule has 5 nitrogen and oxygen atoms in total. The van der Waals surface area contributed by atoms with Gasteiger partial charge in [-0.25, -0.2) is 0 Å². The van der Waals surface area contributed by atoms with Gasteiger partial charge in [-0.1, -0.05) is 12.1 Å². The maximum Gasteiger partial charge on any atom is 0.255 e. The van der Waals surface area contributed by atoms with E-state index in [9.17, 15) is 4.79 Å². The van der Waals surface area contributed by atoms with Gasteiger partial charge in [0.2, 0.25) is 0 Å². The molecule has 0 spiro atoms. The number of carbonyl (C=O) groups excluding carboxylic acids is 1. The van der Waals surface area contributed by atoms with E-state index in [2.05, 4.69) is 17.0 Å². The van der Waals surface area contributed by atoms with Gasteiger partial charge in [0.25, 0.3) is 5.91 Å². The number of rotatable bonds is 6. The van der Waals surface area contributed by atoms with Crippen molar-refractivity contribution in [1.82, 2.24) is 0 Å². The van der Waals surface area contributed by atoms with Crippen molar-refractivity contribution >= 4 is 24.0 Å². The van der Waals surface area contributed by atoms with Gasteiger partial charge in [0, 0.05) is 29.2 Å². The molecule has 0 bridgehead atoms. The number of nitrogens with two attached hydrogens (primary N) is 1. The number of nitrogens with zero attached hydrogens (tertiary/aromatic N) is 1. The third kappa shape index (κ3) is 4.84. The van der Waals surface area contributed by atoms with E-state index >= 15 is 0 Å². The van der Waals surface area contributed by atoms with Gasteiger partial charge in [0.15, 0.2) is 0 Å². The predicted octanol–water partition coefficient (Wildman–Crippen LogP) is 4.02. The standard InChI is InChI=1S/C19H19N3O2/c1-3-17(10-11-21-2)24-18-9-5-8-16(13-18)22-19(23)14-6-4-7-15(20)12-14/h3-13H,2,20H2,1H3,(H,22,23)/b11-10-,17-3+. The minimum absolute atomic E-state index is 0.235. The monoisotopic (exact) mass is 321 g/mol. The summed E-state index contributed by atoms with van der Waals surface area (Å²) in [4.78, 5) is 15.9. The first-order valence-corrected chi connectivity index (χ1v) is 7.36. The van der Waals surface area contributed by atoms with E-state index in [1.807, 2.05) is 6.92 Å². The quantitative estimate of drug-likeness (QED) is 0.365. The van der Waals surface area contributed by atoms with Gasteiger partial charge in [-0.05, 0) is 56.1 Å². The summed E-state index contributed by atoms with van der Waals surface area (Å²) < 4.78 is 5.73. The van der Waals surface area contributed by atoms with Crippen molar-refractivity contribution < 1.29 is 9.53 Å². The summed E-state index contributed by atoms with van der Waals surface area (Å²) in [5.74, 6) is 0.991. The number of allylic oxidation sites excluding steroid dienone is 2. The molecule has 0 heterocycles. The second-order valence-corrected chi connectivity index (χ2v) is 4.90. The molecule has 2 rings (SSSR count). The third-order valence-electron chi connectivity index (χ3n) is 3.11. The number of benzene rings is 2. The highest BCUT2D eigenvalue weighted by molar-refractivity contribution is 6.04. The van der Waals surface area contributed by atoms with E-state index in [-0.39, 0.29) is 5.91 Å². The van der Waals surface area contributed by atoms with Gasteiger partial charge in [-0.2, -0.15) is 0 Å². The van der Waals surface area contributed by atoms with E-state index in [1.54, 1.807) is 66.9 Å². The molecule has 122 valence electrons. The maximum atomic E-state index is 12.2. The van der Waals surface area contributed by atoms with E-state index in [1.165, 1.54) is 0 Å². The van der Waals surface area contributed by atoms with Gasteiger partial charge < -0.3 is 15.8 Å². The first-order chi connectivity index (χ1) is 11.6. The molecule has 0 aliphatic rings. The second-order valence-electron chi connectivity index (χ2n) is 4.90. The van der Waals surface area contributed by atoms with Crippen LogP contribution in [0.3, 0.4) is 0 Å².